The molecule has 1 rings (SSSR count). The highest BCUT2D eigenvalue weighted by atomic mass is 16.5. The summed E-state index contributed by atoms with van der Waals surface area (Å²) in [6.45, 7) is 12.3. The van der Waals surface area contributed by atoms with E-state index in [-0.39, 0.29) is 17.9 Å². The Kier molecular flexibility index (Phi) is 7.57. The third-order valence-electron chi connectivity index (χ3n) is 4.43. The van der Waals surface area contributed by atoms with Crippen LogP contribution in [0.1, 0.15) is 60.3 Å². The maximum Gasteiger partial charge on any atom is 0.223 e. The molecular weight excluding hydrogens is 250 g/mol. The van der Waals surface area contributed by atoms with E-state index in [1.54, 1.807) is 0 Å². The monoisotopic (exact) mass is 283 g/mol. The van der Waals surface area contributed by atoms with Gasteiger partial charge in [-0.3, -0.25) is 4.79 Å². The van der Waals surface area contributed by atoms with Crippen LogP contribution in [0, 0.1) is 23.7 Å². The molecule has 3 nitrogen and oxygen atoms in total. The molecule has 0 aromatic rings. The summed E-state index contributed by atoms with van der Waals surface area (Å²) in [4.78, 5) is 12.4. The lowest BCUT2D eigenvalue weighted by Crippen LogP contribution is -2.40. The zero-order valence-electron chi connectivity index (χ0n) is 13.9. The largest absolute Gasteiger partial charge is 0.379 e. The third kappa shape index (κ3) is 5.82. The fraction of sp³-hybridized carbons (Fsp3) is 0.941. The van der Waals surface area contributed by atoms with Crippen molar-refractivity contribution in [2.75, 3.05) is 13.2 Å². The van der Waals surface area contributed by atoms with Crippen molar-refractivity contribution in [1.29, 1.82) is 0 Å². The number of rotatable bonds is 7. The van der Waals surface area contributed by atoms with Gasteiger partial charge in [-0.15, -0.1) is 0 Å². The average Bonchev–Trinajstić information content (AvgIpc) is 2.37. The second-order valence-electron chi connectivity index (χ2n) is 7.00. The standard InChI is InChI=1S/C17H33NO2/c1-12(2)15-8-7-14(5)11-16(15)17(19)18-9-6-10-20-13(3)4/h12-16H,6-11H2,1-5H3,(H,18,19). The highest BCUT2D eigenvalue weighted by molar-refractivity contribution is 5.79. The number of amides is 1. The van der Waals surface area contributed by atoms with Crippen LogP contribution in [0.2, 0.25) is 0 Å². The van der Waals surface area contributed by atoms with Gasteiger partial charge in [0.05, 0.1) is 6.10 Å². The van der Waals surface area contributed by atoms with Gasteiger partial charge in [0, 0.05) is 19.1 Å². The van der Waals surface area contributed by atoms with Crippen molar-refractivity contribution in [2.24, 2.45) is 23.7 Å². The van der Waals surface area contributed by atoms with Crippen molar-refractivity contribution in [3.05, 3.63) is 0 Å². The second kappa shape index (κ2) is 8.66. The van der Waals surface area contributed by atoms with Gasteiger partial charge in [-0.25, -0.2) is 0 Å². The van der Waals surface area contributed by atoms with Gasteiger partial charge in [0.1, 0.15) is 0 Å². The number of carbonyl (C=O) groups excluding carboxylic acids is 1. The van der Waals surface area contributed by atoms with Crippen molar-refractivity contribution in [1.82, 2.24) is 5.32 Å². The first-order valence-electron chi connectivity index (χ1n) is 8.31. The van der Waals surface area contributed by atoms with Crippen LogP contribution in [0.4, 0.5) is 0 Å². The fourth-order valence-corrected chi connectivity index (χ4v) is 3.24. The molecule has 118 valence electrons. The lowest BCUT2D eigenvalue weighted by atomic mass is 9.70. The predicted octanol–water partition coefficient (Wildman–Crippen LogP) is 3.63. The predicted molar refractivity (Wildman–Crippen MR) is 83.5 cm³/mol. The highest BCUT2D eigenvalue weighted by Gasteiger charge is 2.35. The summed E-state index contributed by atoms with van der Waals surface area (Å²) in [7, 11) is 0. The Balaban J connectivity index is 2.35. The summed E-state index contributed by atoms with van der Waals surface area (Å²) in [6.07, 6.45) is 4.70. The molecule has 0 bridgehead atoms. The maximum atomic E-state index is 12.4. The van der Waals surface area contributed by atoms with Crippen LogP contribution >= 0.6 is 0 Å². The lowest BCUT2D eigenvalue weighted by molar-refractivity contribution is -0.129. The number of carbonyl (C=O) groups is 1. The second-order valence-corrected chi connectivity index (χ2v) is 7.00. The van der Waals surface area contributed by atoms with E-state index in [9.17, 15) is 4.79 Å². The van der Waals surface area contributed by atoms with Gasteiger partial charge in [0.15, 0.2) is 0 Å². The summed E-state index contributed by atoms with van der Waals surface area (Å²) in [5, 5.41) is 3.11. The van der Waals surface area contributed by atoms with Crippen LogP contribution in [0.25, 0.3) is 0 Å². The SMILES string of the molecule is CC1CCC(C(C)C)C(C(=O)NCCCOC(C)C)C1. The zero-order chi connectivity index (χ0) is 15.1. The highest BCUT2D eigenvalue weighted by Crippen LogP contribution is 2.37. The first kappa shape index (κ1) is 17.5. The van der Waals surface area contributed by atoms with Gasteiger partial charge in [-0.05, 0) is 50.9 Å². The van der Waals surface area contributed by atoms with Gasteiger partial charge in [0.2, 0.25) is 5.91 Å². The molecule has 3 heteroatoms. The van der Waals surface area contributed by atoms with Crippen molar-refractivity contribution < 1.29 is 9.53 Å². The van der Waals surface area contributed by atoms with E-state index < -0.39 is 0 Å². The summed E-state index contributed by atoms with van der Waals surface area (Å²) >= 11 is 0. The van der Waals surface area contributed by atoms with Crippen LogP contribution < -0.4 is 5.32 Å². The Labute approximate surface area is 124 Å². The van der Waals surface area contributed by atoms with E-state index in [2.05, 4.69) is 26.1 Å². The number of nitrogens with one attached hydrogen (secondary N) is 1. The minimum absolute atomic E-state index is 0.213. The molecule has 3 atom stereocenters. The summed E-state index contributed by atoms with van der Waals surface area (Å²) in [5.74, 6) is 2.32. The normalized spacial score (nSPS) is 27.1. The third-order valence-corrected chi connectivity index (χ3v) is 4.43. The van der Waals surface area contributed by atoms with Crippen molar-refractivity contribution in [3.63, 3.8) is 0 Å². The molecule has 1 N–H and O–H groups in total. The molecule has 0 radical (unpaired) electrons. The minimum atomic E-state index is 0.213. The Morgan fingerprint density at radius 2 is 1.95 bits per heavy atom. The maximum absolute atomic E-state index is 12.4. The molecule has 0 heterocycles. The van der Waals surface area contributed by atoms with Crippen molar-refractivity contribution in [3.8, 4) is 0 Å². The minimum Gasteiger partial charge on any atom is -0.379 e. The molecule has 0 saturated heterocycles. The van der Waals surface area contributed by atoms with E-state index in [0.29, 0.717) is 17.8 Å². The van der Waals surface area contributed by atoms with Gasteiger partial charge in [-0.2, -0.15) is 0 Å². The average molecular weight is 283 g/mol. The summed E-state index contributed by atoms with van der Waals surface area (Å²) in [5.41, 5.74) is 0. The van der Waals surface area contributed by atoms with Gasteiger partial charge >= 0.3 is 0 Å². The molecule has 0 aliphatic heterocycles. The van der Waals surface area contributed by atoms with Crippen LogP contribution in [-0.2, 0) is 9.53 Å². The molecule has 1 fully saturated rings. The molecular formula is C17H33NO2. The van der Waals surface area contributed by atoms with Gasteiger partial charge in [0.25, 0.3) is 0 Å². The lowest BCUT2D eigenvalue weighted by Gasteiger charge is -2.36. The Morgan fingerprint density at radius 3 is 2.55 bits per heavy atom. The zero-order valence-corrected chi connectivity index (χ0v) is 13.9. The molecule has 0 aromatic heterocycles. The van der Waals surface area contributed by atoms with Crippen molar-refractivity contribution >= 4 is 5.91 Å². The van der Waals surface area contributed by atoms with E-state index in [4.69, 9.17) is 4.74 Å². The van der Waals surface area contributed by atoms with E-state index in [1.165, 1.54) is 12.8 Å². The van der Waals surface area contributed by atoms with Crippen LogP contribution in [0.5, 0.6) is 0 Å². The van der Waals surface area contributed by atoms with E-state index >= 15 is 0 Å². The van der Waals surface area contributed by atoms with Crippen LogP contribution in [0.3, 0.4) is 0 Å². The molecule has 0 spiro atoms. The number of hydrogen-bond acceptors (Lipinski definition) is 2. The molecule has 3 unspecified atom stereocenters. The molecule has 1 aliphatic rings. The molecule has 1 aliphatic carbocycles. The van der Waals surface area contributed by atoms with Gasteiger partial charge < -0.3 is 10.1 Å². The molecule has 1 saturated carbocycles. The Hall–Kier alpha value is -0.570. The molecule has 1 amide bonds. The summed E-state index contributed by atoms with van der Waals surface area (Å²) in [6, 6.07) is 0. The fourth-order valence-electron chi connectivity index (χ4n) is 3.24. The molecule has 20 heavy (non-hydrogen) atoms. The van der Waals surface area contributed by atoms with Crippen LogP contribution in [-0.4, -0.2) is 25.2 Å². The van der Waals surface area contributed by atoms with Crippen molar-refractivity contribution in [2.45, 2.75) is 66.4 Å². The van der Waals surface area contributed by atoms with Gasteiger partial charge in [-0.1, -0.05) is 27.2 Å². The smallest absolute Gasteiger partial charge is 0.223 e. The number of hydrogen-bond donors (Lipinski definition) is 1. The summed E-state index contributed by atoms with van der Waals surface area (Å²) < 4.78 is 5.49. The quantitative estimate of drug-likeness (QED) is 0.725. The first-order chi connectivity index (χ1) is 9.41. The van der Waals surface area contributed by atoms with Crippen LogP contribution in [0.15, 0.2) is 0 Å². The molecule has 0 aromatic carbocycles. The number of ether oxygens (including phenoxy) is 1. The Morgan fingerprint density at radius 1 is 1.25 bits per heavy atom. The Bertz CT molecular complexity index is 289. The van der Waals surface area contributed by atoms with E-state index in [0.717, 1.165) is 26.0 Å². The topological polar surface area (TPSA) is 38.3 Å². The first-order valence-corrected chi connectivity index (χ1v) is 8.31. The van der Waals surface area contributed by atoms with E-state index in [1.807, 2.05) is 13.8 Å².